The van der Waals surface area contributed by atoms with E-state index >= 15 is 0 Å². The summed E-state index contributed by atoms with van der Waals surface area (Å²) in [6.07, 6.45) is 1.96. The van der Waals surface area contributed by atoms with Crippen LogP contribution in [0.2, 0.25) is 0 Å². The van der Waals surface area contributed by atoms with Crippen LogP contribution in [0, 0.1) is 11.2 Å². The molecule has 37 heavy (non-hydrogen) atoms. The molecule has 196 valence electrons. The number of amidine groups is 1. The van der Waals surface area contributed by atoms with Gasteiger partial charge in [-0.2, -0.15) is 5.10 Å². The number of carboxylic acids is 1. The van der Waals surface area contributed by atoms with Crippen molar-refractivity contribution >= 4 is 33.5 Å². The molecule has 0 saturated carbocycles. The second-order valence-electron chi connectivity index (χ2n) is 11.2. The Morgan fingerprint density at radius 2 is 1.92 bits per heavy atom. The van der Waals surface area contributed by atoms with Crippen LogP contribution in [0.5, 0.6) is 0 Å². The highest BCUT2D eigenvalue weighted by Gasteiger charge is 2.51. The maximum Gasteiger partial charge on any atom is 0.309 e. The second-order valence-corrected chi connectivity index (χ2v) is 12.2. The number of thiazole rings is 1. The molecule has 0 aliphatic carbocycles. The van der Waals surface area contributed by atoms with E-state index in [1.54, 1.807) is 23.5 Å². The van der Waals surface area contributed by atoms with Crippen molar-refractivity contribution in [1.82, 2.24) is 24.6 Å². The molecule has 9 nitrogen and oxygen atoms in total. The predicted octanol–water partition coefficient (Wildman–Crippen LogP) is 4.22. The Morgan fingerprint density at radius 1 is 1.22 bits per heavy atom. The van der Waals surface area contributed by atoms with E-state index in [0.29, 0.717) is 38.4 Å². The first-order valence-corrected chi connectivity index (χ1v) is 13.6. The molecule has 5 heterocycles. The molecular weight excluding hydrogens is 495 g/mol. The molecule has 0 atom stereocenters. The van der Waals surface area contributed by atoms with Crippen LogP contribution in [-0.2, 0) is 16.2 Å². The van der Waals surface area contributed by atoms with Crippen molar-refractivity contribution in [2.24, 2.45) is 10.6 Å². The number of hydrogen-bond acceptors (Lipinski definition) is 8. The molecule has 0 unspecified atom stereocenters. The summed E-state index contributed by atoms with van der Waals surface area (Å²) in [7, 11) is 0. The Bertz CT molecular complexity index is 1370. The van der Waals surface area contributed by atoms with Gasteiger partial charge in [0.15, 0.2) is 11.2 Å². The Hall–Kier alpha value is -3.05. The number of likely N-dealkylation sites (tertiary alicyclic amines) is 2. The molecule has 1 spiro atoms. The minimum absolute atomic E-state index is 0.280. The van der Waals surface area contributed by atoms with Crippen molar-refractivity contribution in [3.63, 3.8) is 0 Å². The lowest BCUT2D eigenvalue weighted by Gasteiger charge is -2.45. The van der Waals surface area contributed by atoms with Crippen molar-refractivity contribution in [1.29, 1.82) is 0 Å². The standard InChI is InChI=1S/C26H31FN6O3S/c1-16(2)23-28-22-21(37-23)19(29-33(22)18-6-4-17(27)5-7-18)13-31-14-26(15-31)12-20(30-36-26)32-10-8-25(3,9-11-32)24(34)35/h4-7,16H,8-15H2,1-3H3,(H,34,35). The topological polar surface area (TPSA) is 96.1 Å². The lowest BCUT2D eigenvalue weighted by molar-refractivity contribution is -0.150. The first kappa shape index (κ1) is 24.3. The fraction of sp³-hybridized carbons (Fsp3) is 0.538. The third-order valence-electron chi connectivity index (χ3n) is 7.84. The summed E-state index contributed by atoms with van der Waals surface area (Å²) in [5, 5.41) is 19.8. The van der Waals surface area contributed by atoms with Crippen LogP contribution in [0.25, 0.3) is 16.0 Å². The van der Waals surface area contributed by atoms with Crippen molar-refractivity contribution in [2.75, 3.05) is 26.2 Å². The molecule has 1 N–H and O–H groups in total. The van der Waals surface area contributed by atoms with E-state index in [1.807, 2.05) is 11.6 Å². The number of carbonyl (C=O) groups is 1. The van der Waals surface area contributed by atoms with E-state index in [2.05, 4.69) is 28.8 Å². The first-order valence-electron chi connectivity index (χ1n) is 12.7. The summed E-state index contributed by atoms with van der Waals surface area (Å²) in [5.74, 6) is 0.238. The number of halogens is 1. The van der Waals surface area contributed by atoms with Crippen LogP contribution >= 0.6 is 11.3 Å². The third-order valence-corrected chi connectivity index (χ3v) is 9.24. The van der Waals surface area contributed by atoms with Gasteiger partial charge in [-0.3, -0.25) is 9.69 Å². The van der Waals surface area contributed by atoms with Gasteiger partial charge in [-0.05, 0) is 44.0 Å². The van der Waals surface area contributed by atoms with Gasteiger partial charge in [0.2, 0.25) is 0 Å². The molecule has 2 saturated heterocycles. The molecule has 6 rings (SSSR count). The van der Waals surface area contributed by atoms with E-state index < -0.39 is 11.4 Å². The van der Waals surface area contributed by atoms with Crippen LogP contribution in [-0.4, -0.2) is 73.3 Å². The molecule has 2 aromatic heterocycles. The number of piperidine rings is 1. The van der Waals surface area contributed by atoms with Gasteiger partial charge < -0.3 is 14.8 Å². The number of aromatic nitrogens is 3. The van der Waals surface area contributed by atoms with Crippen molar-refractivity contribution in [3.8, 4) is 5.69 Å². The van der Waals surface area contributed by atoms with Crippen LogP contribution in [0.15, 0.2) is 29.4 Å². The Labute approximate surface area is 218 Å². The van der Waals surface area contributed by atoms with E-state index in [1.165, 1.54) is 12.1 Å². The molecule has 1 aromatic carbocycles. The SMILES string of the molecule is CC(C)c1nc2c(s1)c(CN1CC3(CC(N4CCC(C)(C(=O)O)CC4)=NO3)C1)nn2-c1ccc(F)cc1. The monoisotopic (exact) mass is 526 g/mol. The normalized spacial score (nSPS) is 20.9. The number of fused-ring (bicyclic) bond motifs is 1. The summed E-state index contributed by atoms with van der Waals surface area (Å²) in [6, 6.07) is 6.33. The van der Waals surface area contributed by atoms with Crippen LogP contribution < -0.4 is 0 Å². The van der Waals surface area contributed by atoms with Crippen LogP contribution in [0.1, 0.15) is 56.7 Å². The molecule has 0 radical (unpaired) electrons. The van der Waals surface area contributed by atoms with Gasteiger partial charge in [-0.25, -0.2) is 14.1 Å². The summed E-state index contributed by atoms with van der Waals surface area (Å²) in [5.41, 5.74) is 1.58. The summed E-state index contributed by atoms with van der Waals surface area (Å²) < 4.78 is 16.4. The molecule has 3 aliphatic rings. The van der Waals surface area contributed by atoms with Gasteiger partial charge >= 0.3 is 5.97 Å². The van der Waals surface area contributed by atoms with Gasteiger partial charge in [0.05, 0.1) is 32.9 Å². The molecule has 11 heteroatoms. The van der Waals surface area contributed by atoms with E-state index in [9.17, 15) is 14.3 Å². The number of benzene rings is 1. The highest BCUT2D eigenvalue weighted by Crippen LogP contribution is 2.39. The number of hydrogen-bond donors (Lipinski definition) is 1. The van der Waals surface area contributed by atoms with Gasteiger partial charge in [0.25, 0.3) is 0 Å². The van der Waals surface area contributed by atoms with Crippen molar-refractivity contribution in [2.45, 2.75) is 58.1 Å². The van der Waals surface area contributed by atoms with E-state index in [4.69, 9.17) is 14.9 Å². The van der Waals surface area contributed by atoms with Crippen LogP contribution in [0.4, 0.5) is 4.39 Å². The van der Waals surface area contributed by atoms with Gasteiger partial charge in [-0.1, -0.05) is 19.0 Å². The number of nitrogens with zero attached hydrogens (tertiary/aromatic N) is 6. The van der Waals surface area contributed by atoms with E-state index in [-0.39, 0.29) is 11.4 Å². The van der Waals surface area contributed by atoms with Crippen molar-refractivity contribution < 1.29 is 19.1 Å². The number of oxime groups is 1. The minimum atomic E-state index is -0.722. The Morgan fingerprint density at radius 3 is 2.57 bits per heavy atom. The quantitative estimate of drug-likeness (QED) is 0.532. The maximum absolute atomic E-state index is 13.5. The molecule has 3 aromatic rings. The third kappa shape index (κ3) is 4.27. The zero-order valence-corrected chi connectivity index (χ0v) is 22.1. The number of aliphatic carboxylic acids is 1. The molecule has 3 aliphatic heterocycles. The van der Waals surface area contributed by atoms with Gasteiger partial charge in [0, 0.05) is 38.6 Å². The van der Waals surface area contributed by atoms with Gasteiger partial charge in [0.1, 0.15) is 11.7 Å². The highest BCUT2D eigenvalue weighted by atomic mass is 32.1. The van der Waals surface area contributed by atoms with E-state index in [0.717, 1.165) is 52.1 Å². The fourth-order valence-corrected chi connectivity index (χ4v) is 6.42. The lowest BCUT2D eigenvalue weighted by atomic mass is 9.80. The largest absolute Gasteiger partial charge is 0.481 e. The Balaban J connectivity index is 1.13. The minimum Gasteiger partial charge on any atom is -0.481 e. The zero-order valence-electron chi connectivity index (χ0n) is 21.3. The summed E-state index contributed by atoms with van der Waals surface area (Å²) in [6.45, 7) is 9.64. The molecular formula is C26H31FN6O3S. The lowest BCUT2D eigenvalue weighted by Crippen LogP contribution is -2.61. The zero-order chi connectivity index (χ0) is 25.9. The smallest absolute Gasteiger partial charge is 0.309 e. The second kappa shape index (κ2) is 8.76. The number of carboxylic acid groups (broad SMARTS) is 1. The molecule has 0 bridgehead atoms. The first-order chi connectivity index (χ1) is 17.6. The van der Waals surface area contributed by atoms with Gasteiger partial charge in [-0.15, -0.1) is 11.3 Å². The van der Waals surface area contributed by atoms with Crippen molar-refractivity contribution in [3.05, 3.63) is 40.8 Å². The predicted molar refractivity (Wildman–Crippen MR) is 138 cm³/mol. The Kier molecular flexibility index (Phi) is 5.76. The summed E-state index contributed by atoms with van der Waals surface area (Å²) >= 11 is 1.67. The van der Waals surface area contributed by atoms with Crippen LogP contribution in [0.3, 0.4) is 0 Å². The average molecular weight is 527 g/mol. The molecule has 2 fully saturated rings. The summed E-state index contributed by atoms with van der Waals surface area (Å²) in [4.78, 5) is 26.8. The number of rotatable bonds is 5. The average Bonchev–Trinajstić information content (AvgIpc) is 3.55. The highest BCUT2D eigenvalue weighted by molar-refractivity contribution is 7.18. The maximum atomic E-state index is 13.5. The molecule has 0 amide bonds. The fourth-order valence-electron chi connectivity index (χ4n) is 5.39.